The van der Waals surface area contributed by atoms with Crippen molar-refractivity contribution in [2.75, 3.05) is 20.4 Å². The number of benzene rings is 5. The second-order valence-electron chi connectivity index (χ2n) is 29.8. The van der Waals surface area contributed by atoms with Gasteiger partial charge in [0.25, 0.3) is 0 Å². The fourth-order valence-electron chi connectivity index (χ4n) is 16.3. The minimum Gasteiger partial charge on any atom is -0.457 e. The predicted octanol–water partition coefficient (Wildman–Crippen LogP) is 24.9. The maximum absolute atomic E-state index is 16.7. The number of ether oxygens (including phenoxy) is 6. The normalized spacial score (nSPS) is 18.2. The van der Waals surface area contributed by atoms with Crippen LogP contribution in [0.2, 0.25) is 0 Å². The zero-order valence-electron chi connectivity index (χ0n) is 62.0. The quantitative estimate of drug-likeness (QED) is 0.0161. The largest absolute Gasteiger partial charge is 0.462 e. The van der Waals surface area contributed by atoms with E-state index in [1.165, 1.54) is 191 Å². The molecule has 0 saturated carbocycles. The van der Waals surface area contributed by atoms with E-state index in [2.05, 4.69) is 88.1 Å². The first-order valence-electron chi connectivity index (χ1n) is 40.3. The summed E-state index contributed by atoms with van der Waals surface area (Å²) in [5.41, 5.74) is 10.6. The standard InChI is InChI=1S/C89H121NO9P/c1-6-10-14-18-22-26-30-34-38-42-70-74-56-76-71(43-39-35-31-27-23-19-15-11-7-2)78-58-80-73(45-41-37-33-29-25-21-17-13-9-4)81-59-79-72(44-40-36-32-28-24-20-16-12-8-3)77-57-75(70)83-61-85(77)95-66-97-87(79)63-89(81)99-100(91,69-50-48-67(49-51-69)46-47-68-52-54-90(5)55-53-68)98-88(80)62-86(78)96-65-94-84(76)60-82(74)92-64-93-83/h48-63,70-73H,6-45,64-66H2,1-5H3/q+1. The van der Waals surface area contributed by atoms with E-state index in [4.69, 9.17) is 37.5 Å². The van der Waals surface area contributed by atoms with E-state index in [0.717, 1.165) is 145 Å². The second kappa shape index (κ2) is 39.2. The summed E-state index contributed by atoms with van der Waals surface area (Å²) in [6, 6.07) is 29.9. The fraction of sp³-hybridized carbons (Fsp3) is 0.584. The lowest BCUT2D eigenvalue weighted by Crippen LogP contribution is -2.25. The molecule has 100 heavy (non-hydrogen) atoms. The summed E-state index contributed by atoms with van der Waals surface area (Å²) in [6.07, 6.45) is 52.0. The zero-order valence-corrected chi connectivity index (χ0v) is 62.9. The van der Waals surface area contributed by atoms with Gasteiger partial charge in [-0.2, -0.15) is 0 Å². The Morgan fingerprint density at radius 2 is 0.540 bits per heavy atom. The molecule has 2 atom stereocenters. The van der Waals surface area contributed by atoms with Gasteiger partial charge < -0.3 is 37.5 Å². The van der Waals surface area contributed by atoms with Crippen LogP contribution >= 0.6 is 7.60 Å². The molecule has 5 aliphatic rings. The van der Waals surface area contributed by atoms with Crippen LogP contribution < -0.4 is 47.3 Å². The van der Waals surface area contributed by atoms with Crippen molar-refractivity contribution in [3.05, 3.63) is 153 Å². The molecule has 5 heterocycles. The van der Waals surface area contributed by atoms with Gasteiger partial charge in [0.15, 0.2) is 12.4 Å². The molecule has 8 bridgehead atoms. The van der Waals surface area contributed by atoms with Crippen LogP contribution in [0, 0.1) is 11.8 Å². The molecule has 0 radical (unpaired) electrons. The number of hydrogen-bond donors (Lipinski definition) is 0. The third-order valence-corrected chi connectivity index (χ3v) is 24.0. The Morgan fingerprint density at radius 3 is 0.810 bits per heavy atom. The van der Waals surface area contributed by atoms with Gasteiger partial charge in [0, 0.05) is 116 Å². The summed E-state index contributed by atoms with van der Waals surface area (Å²) < 4.78 is 74.9. The average Bonchev–Trinajstić information content (AvgIpc) is 0.732. The first kappa shape index (κ1) is 74.6. The third-order valence-electron chi connectivity index (χ3n) is 22.2. The van der Waals surface area contributed by atoms with Crippen LogP contribution in [0.3, 0.4) is 0 Å². The highest BCUT2D eigenvalue weighted by Gasteiger charge is 2.42. The van der Waals surface area contributed by atoms with E-state index in [9.17, 15) is 0 Å². The van der Waals surface area contributed by atoms with Crippen LogP contribution in [0.25, 0.3) is 0 Å². The molecule has 11 rings (SSSR count). The zero-order chi connectivity index (χ0) is 69.1. The van der Waals surface area contributed by atoms with Gasteiger partial charge in [0.2, 0.25) is 20.4 Å². The molecule has 11 heteroatoms. The molecule has 0 amide bonds. The summed E-state index contributed by atoms with van der Waals surface area (Å²) in [5, 5.41) is 0.428. The van der Waals surface area contributed by atoms with E-state index in [1.54, 1.807) is 0 Å². The minimum absolute atomic E-state index is 0.0368. The van der Waals surface area contributed by atoms with Crippen molar-refractivity contribution < 1.29 is 46.6 Å². The molecule has 0 spiro atoms. The Hall–Kier alpha value is -6.56. The topological polar surface area (TPSA) is 94.8 Å². The summed E-state index contributed by atoms with van der Waals surface area (Å²) >= 11 is 0. The van der Waals surface area contributed by atoms with E-state index in [-0.39, 0.29) is 44.1 Å². The molecule has 10 nitrogen and oxygen atoms in total. The van der Waals surface area contributed by atoms with Gasteiger partial charge in [0.1, 0.15) is 53.0 Å². The number of rotatable bonds is 41. The van der Waals surface area contributed by atoms with Crippen molar-refractivity contribution in [2.24, 2.45) is 7.05 Å². The number of aromatic nitrogens is 1. The van der Waals surface area contributed by atoms with Gasteiger partial charge in [-0.05, 0) is 74.2 Å². The average molecular weight is 1380 g/mol. The molecular weight excluding hydrogens is 1260 g/mol. The Morgan fingerprint density at radius 1 is 0.310 bits per heavy atom. The van der Waals surface area contributed by atoms with E-state index in [0.29, 0.717) is 28.3 Å². The predicted molar refractivity (Wildman–Crippen MR) is 407 cm³/mol. The molecular formula is C89H121NO9P+. The van der Waals surface area contributed by atoms with Gasteiger partial charge in [0.05, 0.1) is 5.30 Å². The lowest BCUT2D eigenvalue weighted by atomic mass is 9.76. The molecule has 540 valence electrons. The molecule has 6 aromatic rings. The van der Waals surface area contributed by atoms with Crippen molar-refractivity contribution in [1.82, 2.24) is 0 Å². The number of nitrogens with zero attached hydrogens (tertiary/aromatic N) is 1. The van der Waals surface area contributed by atoms with Crippen molar-refractivity contribution >= 4 is 12.9 Å². The number of unbranched alkanes of at least 4 members (excludes halogenated alkanes) is 32. The van der Waals surface area contributed by atoms with Crippen LogP contribution in [-0.4, -0.2) is 20.4 Å². The fourth-order valence-corrected chi connectivity index (χ4v) is 17.9. The molecule has 0 saturated heterocycles. The summed E-state index contributed by atoms with van der Waals surface area (Å²) in [7, 11) is -2.29. The van der Waals surface area contributed by atoms with Gasteiger partial charge in [-0.15, -0.1) is 0 Å². The Balaban J connectivity index is 1.09. The van der Waals surface area contributed by atoms with Crippen molar-refractivity contribution in [1.29, 1.82) is 0 Å². The van der Waals surface area contributed by atoms with E-state index < -0.39 is 7.60 Å². The monoisotopic (exact) mass is 1380 g/mol. The van der Waals surface area contributed by atoms with Crippen molar-refractivity contribution in [3.63, 3.8) is 0 Å². The number of pyridine rings is 1. The number of aryl methyl sites for hydroxylation is 1. The molecule has 4 aliphatic heterocycles. The molecule has 2 unspecified atom stereocenters. The van der Waals surface area contributed by atoms with E-state index in [1.807, 2.05) is 60.4 Å². The van der Waals surface area contributed by atoms with Crippen molar-refractivity contribution in [2.45, 2.75) is 308 Å². The highest BCUT2D eigenvalue weighted by Crippen LogP contribution is 2.60. The van der Waals surface area contributed by atoms with Crippen LogP contribution in [-0.2, 0) is 11.6 Å². The van der Waals surface area contributed by atoms with Crippen LogP contribution in [0.1, 0.15) is 364 Å². The summed E-state index contributed by atoms with van der Waals surface area (Å²) in [4.78, 5) is 0. The van der Waals surface area contributed by atoms with Crippen LogP contribution in [0.5, 0.6) is 46.0 Å². The van der Waals surface area contributed by atoms with Gasteiger partial charge in [-0.1, -0.05) is 271 Å². The summed E-state index contributed by atoms with van der Waals surface area (Å²) in [6.45, 7) is 9.16. The smallest absolute Gasteiger partial charge is 0.457 e. The Bertz CT molecular complexity index is 3470. The third kappa shape index (κ3) is 20.2. The van der Waals surface area contributed by atoms with Gasteiger partial charge in [-0.3, -0.25) is 0 Å². The lowest BCUT2D eigenvalue weighted by Gasteiger charge is -2.36. The highest BCUT2D eigenvalue weighted by atomic mass is 31.2. The molecule has 0 N–H and O–H groups in total. The molecule has 1 aromatic heterocycles. The Kier molecular flexibility index (Phi) is 29.2. The second-order valence-corrected chi connectivity index (χ2v) is 31.7. The minimum atomic E-state index is -4.30. The van der Waals surface area contributed by atoms with Crippen LogP contribution in [0.15, 0.2) is 97.3 Å². The first-order valence-corrected chi connectivity index (χ1v) is 41.8. The molecule has 0 fully saturated rings. The maximum Gasteiger partial charge on any atom is 0.462 e. The van der Waals surface area contributed by atoms with E-state index >= 15 is 4.57 Å². The van der Waals surface area contributed by atoms with Gasteiger partial charge in [-0.25, -0.2) is 9.13 Å². The van der Waals surface area contributed by atoms with Crippen LogP contribution in [0.4, 0.5) is 0 Å². The first-order chi connectivity index (χ1) is 49.2. The molecule has 1 aliphatic carbocycles. The lowest BCUT2D eigenvalue weighted by molar-refractivity contribution is -0.671. The SMILES string of the molecule is CCCCCCCCCCCC1c2cc3c4cc2OCOc2cc5c(cc21)C(CCCCCCCCCCC)c1cc2c(cc1OCO5)OP(=O)(c1ccc(C#Cc5cc[n+](C)cc5)cc1)Oc1cc(c(cc1C2CCCCCCCCCCC)C3CCCCCCCCCCC)OCO4. The van der Waals surface area contributed by atoms with Crippen molar-refractivity contribution in [3.8, 4) is 57.8 Å². The summed E-state index contributed by atoms with van der Waals surface area (Å²) in [5.74, 6) is 11.7. The molecule has 5 aromatic carbocycles. The highest BCUT2D eigenvalue weighted by molar-refractivity contribution is 7.63. The number of hydrogen-bond acceptors (Lipinski definition) is 9. The van der Waals surface area contributed by atoms with Gasteiger partial charge >= 0.3 is 7.60 Å². The maximum atomic E-state index is 16.7. The Labute approximate surface area is 602 Å².